The highest BCUT2D eigenvalue weighted by atomic mass is 32.1. The van der Waals surface area contributed by atoms with Crippen LogP contribution < -0.4 is 5.32 Å². The van der Waals surface area contributed by atoms with Gasteiger partial charge in [-0.05, 0) is 31.0 Å². The van der Waals surface area contributed by atoms with Gasteiger partial charge < -0.3 is 5.32 Å². The summed E-state index contributed by atoms with van der Waals surface area (Å²) in [6.45, 7) is 4.32. The van der Waals surface area contributed by atoms with Gasteiger partial charge in [-0.3, -0.25) is 0 Å². The first-order valence-corrected chi connectivity index (χ1v) is 4.54. The third kappa shape index (κ3) is 2.50. The summed E-state index contributed by atoms with van der Waals surface area (Å²) in [6, 6.07) is 4.29. The van der Waals surface area contributed by atoms with E-state index in [4.69, 9.17) is 0 Å². The van der Waals surface area contributed by atoms with Crippen LogP contribution in [0.25, 0.3) is 0 Å². The van der Waals surface area contributed by atoms with E-state index in [0.717, 1.165) is 13.1 Å². The highest BCUT2D eigenvalue weighted by Gasteiger charge is 1.90. The highest BCUT2D eigenvalue weighted by molar-refractivity contribution is 7.09. The molecule has 1 aromatic heterocycles. The van der Waals surface area contributed by atoms with Crippen molar-refractivity contribution in [2.75, 3.05) is 13.1 Å². The van der Waals surface area contributed by atoms with Crippen LogP contribution in [-0.4, -0.2) is 13.1 Å². The molecule has 10 heavy (non-hydrogen) atoms. The van der Waals surface area contributed by atoms with Crippen molar-refractivity contribution in [2.24, 2.45) is 0 Å². The van der Waals surface area contributed by atoms with E-state index in [1.165, 1.54) is 11.3 Å². The largest absolute Gasteiger partial charge is 0.317 e. The van der Waals surface area contributed by atoms with Crippen molar-refractivity contribution >= 4 is 11.3 Å². The van der Waals surface area contributed by atoms with E-state index in [-0.39, 0.29) is 0 Å². The van der Waals surface area contributed by atoms with Gasteiger partial charge in [0.1, 0.15) is 0 Å². The number of nitrogens with one attached hydrogen (secondary N) is 1. The summed E-state index contributed by atoms with van der Waals surface area (Å²) in [6.07, 6.45) is 1.17. The van der Waals surface area contributed by atoms with Crippen molar-refractivity contribution in [1.82, 2.24) is 5.32 Å². The molecular weight excluding hydrogens is 142 g/mol. The van der Waals surface area contributed by atoms with Gasteiger partial charge in [-0.1, -0.05) is 13.0 Å². The summed E-state index contributed by atoms with van der Waals surface area (Å²) in [7, 11) is 0. The lowest BCUT2D eigenvalue weighted by Gasteiger charge is -1.97. The molecule has 0 bridgehead atoms. The average molecular weight is 155 g/mol. The molecule has 2 heteroatoms. The molecule has 0 atom stereocenters. The van der Waals surface area contributed by atoms with Crippen LogP contribution in [0.15, 0.2) is 17.5 Å². The molecule has 0 saturated heterocycles. The molecule has 0 aromatic carbocycles. The molecule has 1 N–H and O–H groups in total. The SMILES string of the molecule is CCNCCc1cccs1. The summed E-state index contributed by atoms with van der Waals surface area (Å²) in [4.78, 5) is 1.47. The molecule has 1 heterocycles. The van der Waals surface area contributed by atoms with E-state index in [2.05, 4.69) is 29.8 Å². The van der Waals surface area contributed by atoms with Gasteiger partial charge in [0.2, 0.25) is 0 Å². The van der Waals surface area contributed by atoms with Gasteiger partial charge >= 0.3 is 0 Å². The molecule has 0 unspecified atom stereocenters. The zero-order valence-corrected chi connectivity index (χ0v) is 7.08. The Kier molecular flexibility index (Phi) is 3.47. The van der Waals surface area contributed by atoms with E-state index in [0.29, 0.717) is 0 Å². The zero-order chi connectivity index (χ0) is 7.23. The van der Waals surface area contributed by atoms with Crippen molar-refractivity contribution in [3.8, 4) is 0 Å². The molecule has 1 nitrogen and oxygen atoms in total. The maximum absolute atomic E-state index is 3.29. The predicted octanol–water partition coefficient (Wildman–Crippen LogP) is 1.90. The fourth-order valence-corrected chi connectivity index (χ4v) is 1.55. The maximum atomic E-state index is 3.29. The van der Waals surface area contributed by atoms with E-state index >= 15 is 0 Å². The molecule has 0 radical (unpaired) electrons. The fraction of sp³-hybridized carbons (Fsp3) is 0.500. The molecule has 1 rings (SSSR count). The zero-order valence-electron chi connectivity index (χ0n) is 6.26. The monoisotopic (exact) mass is 155 g/mol. The molecule has 0 aliphatic heterocycles. The van der Waals surface area contributed by atoms with Crippen LogP contribution in [0.5, 0.6) is 0 Å². The summed E-state index contributed by atoms with van der Waals surface area (Å²) < 4.78 is 0. The van der Waals surface area contributed by atoms with Gasteiger partial charge in [0, 0.05) is 4.88 Å². The van der Waals surface area contributed by atoms with E-state index in [1.807, 2.05) is 11.3 Å². The van der Waals surface area contributed by atoms with Crippen LogP contribution in [0.4, 0.5) is 0 Å². The second kappa shape index (κ2) is 4.47. The second-order valence-electron chi connectivity index (χ2n) is 2.18. The smallest absolute Gasteiger partial charge is 0.00578 e. The Morgan fingerprint density at radius 2 is 2.50 bits per heavy atom. The van der Waals surface area contributed by atoms with Crippen molar-refractivity contribution in [1.29, 1.82) is 0 Å². The minimum Gasteiger partial charge on any atom is -0.317 e. The van der Waals surface area contributed by atoms with Crippen LogP contribution in [0, 0.1) is 0 Å². The lowest BCUT2D eigenvalue weighted by molar-refractivity contribution is 0.721. The molecule has 0 fully saturated rings. The Balaban J connectivity index is 2.15. The number of likely N-dealkylation sites (N-methyl/N-ethyl adjacent to an activating group) is 1. The summed E-state index contributed by atoms with van der Waals surface area (Å²) in [5.74, 6) is 0. The first-order valence-electron chi connectivity index (χ1n) is 3.66. The van der Waals surface area contributed by atoms with Crippen molar-refractivity contribution in [2.45, 2.75) is 13.3 Å². The Hall–Kier alpha value is -0.340. The third-order valence-corrected chi connectivity index (χ3v) is 2.31. The fourth-order valence-electron chi connectivity index (χ4n) is 0.843. The van der Waals surface area contributed by atoms with Crippen molar-refractivity contribution in [3.05, 3.63) is 22.4 Å². The highest BCUT2D eigenvalue weighted by Crippen LogP contribution is 2.07. The van der Waals surface area contributed by atoms with Crippen molar-refractivity contribution < 1.29 is 0 Å². The molecule has 1 aromatic rings. The maximum Gasteiger partial charge on any atom is 0.00578 e. The summed E-state index contributed by atoms with van der Waals surface area (Å²) in [5, 5.41) is 5.42. The van der Waals surface area contributed by atoms with Crippen LogP contribution in [0.2, 0.25) is 0 Å². The Morgan fingerprint density at radius 3 is 3.10 bits per heavy atom. The van der Waals surface area contributed by atoms with E-state index in [9.17, 15) is 0 Å². The lowest BCUT2D eigenvalue weighted by Crippen LogP contribution is -2.15. The quantitative estimate of drug-likeness (QED) is 0.655. The Labute approximate surface area is 66.1 Å². The number of hydrogen-bond acceptors (Lipinski definition) is 2. The molecular formula is C8H13NS. The average Bonchev–Trinajstić information content (AvgIpc) is 2.41. The first-order chi connectivity index (χ1) is 4.93. The van der Waals surface area contributed by atoms with E-state index < -0.39 is 0 Å². The predicted molar refractivity (Wildman–Crippen MR) is 46.6 cm³/mol. The van der Waals surface area contributed by atoms with Gasteiger partial charge in [0.15, 0.2) is 0 Å². The molecule has 0 aliphatic carbocycles. The summed E-state index contributed by atoms with van der Waals surface area (Å²) in [5.41, 5.74) is 0. The number of thiophene rings is 1. The third-order valence-electron chi connectivity index (χ3n) is 1.38. The topological polar surface area (TPSA) is 12.0 Å². The van der Waals surface area contributed by atoms with Crippen molar-refractivity contribution in [3.63, 3.8) is 0 Å². The minimum absolute atomic E-state index is 1.07. The number of hydrogen-bond donors (Lipinski definition) is 1. The van der Waals surface area contributed by atoms with Crippen LogP contribution in [0.1, 0.15) is 11.8 Å². The van der Waals surface area contributed by atoms with Crippen LogP contribution in [-0.2, 0) is 6.42 Å². The van der Waals surface area contributed by atoms with Crippen LogP contribution >= 0.6 is 11.3 Å². The minimum atomic E-state index is 1.07. The lowest BCUT2D eigenvalue weighted by atomic mass is 10.3. The second-order valence-corrected chi connectivity index (χ2v) is 3.22. The van der Waals surface area contributed by atoms with Gasteiger partial charge in [-0.2, -0.15) is 0 Å². The molecule has 0 aliphatic rings. The number of rotatable bonds is 4. The van der Waals surface area contributed by atoms with Gasteiger partial charge in [0.05, 0.1) is 0 Å². The molecule has 0 spiro atoms. The Bertz CT molecular complexity index is 158. The first kappa shape index (κ1) is 7.76. The van der Waals surface area contributed by atoms with Gasteiger partial charge in [-0.25, -0.2) is 0 Å². The molecule has 0 saturated carbocycles. The normalized spacial score (nSPS) is 10.1. The standard InChI is InChI=1S/C8H13NS/c1-2-9-6-5-8-4-3-7-10-8/h3-4,7,9H,2,5-6H2,1H3. The molecule has 0 amide bonds. The van der Waals surface area contributed by atoms with Gasteiger partial charge in [-0.15, -0.1) is 11.3 Å². The van der Waals surface area contributed by atoms with Gasteiger partial charge in [0.25, 0.3) is 0 Å². The molecule has 56 valence electrons. The van der Waals surface area contributed by atoms with E-state index in [1.54, 1.807) is 0 Å². The van der Waals surface area contributed by atoms with Crippen LogP contribution in [0.3, 0.4) is 0 Å². The summed E-state index contributed by atoms with van der Waals surface area (Å²) >= 11 is 1.83. The Morgan fingerprint density at radius 1 is 1.60 bits per heavy atom.